The zero-order valence-electron chi connectivity index (χ0n) is 11.2. The van der Waals surface area contributed by atoms with Gasteiger partial charge in [-0.1, -0.05) is 19.8 Å². The predicted octanol–water partition coefficient (Wildman–Crippen LogP) is 2.56. The highest BCUT2D eigenvalue weighted by atomic mass is 19.1. The monoisotopic (exact) mass is 263 g/mol. The molecule has 0 atom stereocenters. The summed E-state index contributed by atoms with van der Waals surface area (Å²) in [6, 6.07) is 3.13. The number of unbranched alkanes of at least 4 members (excludes halogenated alkanes) is 2. The molecule has 2 aromatic rings. The van der Waals surface area contributed by atoms with Gasteiger partial charge in [0.2, 0.25) is 0 Å². The van der Waals surface area contributed by atoms with Gasteiger partial charge in [0.05, 0.1) is 0 Å². The molecule has 6 heteroatoms. The van der Waals surface area contributed by atoms with Crippen molar-refractivity contribution in [3.05, 3.63) is 23.5 Å². The smallest absolute Gasteiger partial charge is 0.182 e. The van der Waals surface area contributed by atoms with E-state index < -0.39 is 0 Å². The number of nitrogens with zero attached hydrogens (tertiary/aromatic N) is 4. The van der Waals surface area contributed by atoms with Gasteiger partial charge in [-0.3, -0.25) is 0 Å². The quantitative estimate of drug-likeness (QED) is 0.665. The molecule has 0 amide bonds. The van der Waals surface area contributed by atoms with Crippen LogP contribution >= 0.6 is 0 Å². The second kappa shape index (κ2) is 5.77. The third kappa shape index (κ3) is 2.89. The van der Waals surface area contributed by atoms with Crippen LogP contribution in [0.5, 0.6) is 0 Å². The lowest BCUT2D eigenvalue weighted by Gasteiger charge is -2.07. The molecule has 0 fully saturated rings. The molecule has 1 aromatic carbocycles. The Morgan fingerprint density at radius 1 is 1.32 bits per heavy atom. The van der Waals surface area contributed by atoms with Crippen LogP contribution in [0.3, 0.4) is 0 Å². The minimum atomic E-state index is -0.335. The van der Waals surface area contributed by atoms with Gasteiger partial charge in [-0.05, 0) is 35.9 Å². The number of benzene rings is 1. The van der Waals surface area contributed by atoms with Crippen molar-refractivity contribution >= 4 is 5.69 Å². The number of tetrazole rings is 1. The number of anilines is 1. The van der Waals surface area contributed by atoms with Crippen molar-refractivity contribution in [1.29, 1.82) is 0 Å². The molecule has 0 aliphatic heterocycles. The Hall–Kier alpha value is -1.98. The van der Waals surface area contributed by atoms with Crippen LogP contribution < -0.4 is 5.73 Å². The highest BCUT2D eigenvalue weighted by Gasteiger charge is 2.12. The van der Waals surface area contributed by atoms with Crippen molar-refractivity contribution in [2.24, 2.45) is 0 Å². The maximum Gasteiger partial charge on any atom is 0.182 e. The van der Waals surface area contributed by atoms with Gasteiger partial charge in [0.1, 0.15) is 5.82 Å². The molecule has 0 bridgehead atoms. The first-order chi connectivity index (χ1) is 9.13. The van der Waals surface area contributed by atoms with E-state index in [9.17, 15) is 4.39 Å². The first-order valence-electron chi connectivity index (χ1n) is 6.45. The average molecular weight is 263 g/mol. The van der Waals surface area contributed by atoms with Crippen molar-refractivity contribution in [1.82, 2.24) is 20.2 Å². The van der Waals surface area contributed by atoms with E-state index in [1.165, 1.54) is 6.07 Å². The predicted molar refractivity (Wildman–Crippen MR) is 71.9 cm³/mol. The van der Waals surface area contributed by atoms with Gasteiger partial charge < -0.3 is 5.73 Å². The number of nitrogens with two attached hydrogens (primary N) is 1. The summed E-state index contributed by atoms with van der Waals surface area (Å²) in [6.07, 6.45) is 3.24. The van der Waals surface area contributed by atoms with Crippen molar-refractivity contribution < 1.29 is 4.39 Å². The van der Waals surface area contributed by atoms with Crippen molar-refractivity contribution in [3.8, 4) is 11.4 Å². The van der Waals surface area contributed by atoms with Gasteiger partial charge in [-0.25, -0.2) is 9.07 Å². The van der Waals surface area contributed by atoms with Crippen LogP contribution in [0.15, 0.2) is 12.1 Å². The van der Waals surface area contributed by atoms with E-state index >= 15 is 0 Å². The maximum absolute atomic E-state index is 13.7. The Labute approximate surface area is 111 Å². The molecule has 0 aliphatic carbocycles. The van der Waals surface area contributed by atoms with Crippen LogP contribution in [0.4, 0.5) is 10.1 Å². The molecule has 5 nitrogen and oxygen atoms in total. The number of rotatable bonds is 5. The van der Waals surface area contributed by atoms with Gasteiger partial charge in [-0.15, -0.1) is 5.10 Å². The molecular weight excluding hydrogens is 245 g/mol. The van der Waals surface area contributed by atoms with E-state index in [-0.39, 0.29) is 5.82 Å². The standard InChI is InChI=1S/C13H18FN5/c1-3-4-5-6-19-13(16-17-18-19)10-7-11(14)9(2)12(15)8-10/h7-8H,3-6,15H2,1-2H3. The third-order valence-electron chi connectivity index (χ3n) is 3.15. The molecule has 1 heterocycles. The zero-order valence-corrected chi connectivity index (χ0v) is 11.2. The lowest BCUT2D eigenvalue weighted by atomic mass is 10.1. The lowest BCUT2D eigenvalue weighted by Crippen LogP contribution is -2.04. The Balaban J connectivity index is 2.29. The van der Waals surface area contributed by atoms with Crippen molar-refractivity contribution in [2.75, 3.05) is 5.73 Å². The summed E-state index contributed by atoms with van der Waals surface area (Å²) in [7, 11) is 0. The molecule has 2 N–H and O–H groups in total. The molecule has 0 saturated heterocycles. The highest BCUT2D eigenvalue weighted by molar-refractivity contribution is 5.63. The maximum atomic E-state index is 13.7. The van der Waals surface area contributed by atoms with Gasteiger partial charge in [0.15, 0.2) is 5.82 Å². The lowest BCUT2D eigenvalue weighted by molar-refractivity contribution is 0.541. The topological polar surface area (TPSA) is 69.6 Å². The fourth-order valence-corrected chi connectivity index (χ4v) is 1.90. The number of hydrogen-bond acceptors (Lipinski definition) is 4. The van der Waals surface area contributed by atoms with Crippen LogP contribution in [-0.4, -0.2) is 20.2 Å². The molecule has 2 rings (SSSR count). The van der Waals surface area contributed by atoms with Gasteiger partial charge >= 0.3 is 0 Å². The summed E-state index contributed by atoms with van der Waals surface area (Å²) in [5.74, 6) is 0.222. The summed E-state index contributed by atoms with van der Waals surface area (Å²) in [4.78, 5) is 0. The van der Waals surface area contributed by atoms with E-state index in [1.54, 1.807) is 17.7 Å². The van der Waals surface area contributed by atoms with Gasteiger partial charge in [-0.2, -0.15) is 0 Å². The second-order valence-electron chi connectivity index (χ2n) is 4.61. The van der Waals surface area contributed by atoms with Gasteiger partial charge in [0.25, 0.3) is 0 Å². The van der Waals surface area contributed by atoms with Crippen molar-refractivity contribution in [2.45, 2.75) is 39.7 Å². The summed E-state index contributed by atoms with van der Waals surface area (Å²) < 4.78 is 15.4. The SMILES string of the molecule is CCCCCn1nnnc1-c1cc(N)c(C)c(F)c1. The number of aromatic nitrogens is 4. The molecule has 0 radical (unpaired) electrons. The number of hydrogen-bond donors (Lipinski definition) is 1. The summed E-state index contributed by atoms with van der Waals surface area (Å²) in [5, 5.41) is 11.6. The molecule has 0 saturated carbocycles. The van der Waals surface area contributed by atoms with Crippen LogP contribution in [0.2, 0.25) is 0 Å². The van der Waals surface area contributed by atoms with Gasteiger partial charge in [0, 0.05) is 23.4 Å². The van der Waals surface area contributed by atoms with E-state index in [2.05, 4.69) is 22.4 Å². The second-order valence-corrected chi connectivity index (χ2v) is 4.61. The number of halogens is 1. The summed E-state index contributed by atoms with van der Waals surface area (Å²) in [5.41, 5.74) is 7.26. The summed E-state index contributed by atoms with van der Waals surface area (Å²) in [6.45, 7) is 4.51. The van der Waals surface area contributed by atoms with Crippen LogP contribution in [0, 0.1) is 12.7 Å². The zero-order chi connectivity index (χ0) is 13.8. The summed E-state index contributed by atoms with van der Waals surface area (Å²) >= 11 is 0. The molecule has 0 aliphatic rings. The molecule has 102 valence electrons. The van der Waals surface area contributed by atoms with Crippen LogP contribution in [-0.2, 0) is 6.54 Å². The Morgan fingerprint density at radius 2 is 2.11 bits per heavy atom. The van der Waals surface area contributed by atoms with Crippen molar-refractivity contribution in [3.63, 3.8) is 0 Å². The first kappa shape index (κ1) is 13.5. The Morgan fingerprint density at radius 3 is 2.79 bits per heavy atom. The number of nitrogen functional groups attached to an aromatic ring is 1. The fraction of sp³-hybridized carbons (Fsp3) is 0.462. The normalized spacial score (nSPS) is 10.9. The van der Waals surface area contributed by atoms with Crippen LogP contribution in [0.25, 0.3) is 11.4 Å². The van der Waals surface area contributed by atoms with E-state index in [4.69, 9.17) is 5.73 Å². The third-order valence-corrected chi connectivity index (χ3v) is 3.15. The minimum Gasteiger partial charge on any atom is -0.398 e. The first-order valence-corrected chi connectivity index (χ1v) is 6.45. The molecular formula is C13H18FN5. The minimum absolute atomic E-state index is 0.335. The largest absolute Gasteiger partial charge is 0.398 e. The molecule has 1 aromatic heterocycles. The Bertz CT molecular complexity index is 541. The van der Waals surface area contributed by atoms with Crippen LogP contribution in [0.1, 0.15) is 31.7 Å². The molecule has 0 spiro atoms. The Kier molecular flexibility index (Phi) is 4.09. The van der Waals surface area contributed by atoms with E-state index in [1.807, 2.05) is 0 Å². The molecule has 19 heavy (non-hydrogen) atoms. The average Bonchev–Trinajstić information content (AvgIpc) is 2.84. The van der Waals surface area contributed by atoms with E-state index in [0.29, 0.717) is 22.6 Å². The number of aryl methyl sites for hydroxylation is 1. The van der Waals surface area contributed by atoms with E-state index in [0.717, 1.165) is 25.8 Å². The fourth-order valence-electron chi connectivity index (χ4n) is 1.90. The molecule has 0 unspecified atom stereocenters. The highest BCUT2D eigenvalue weighted by Crippen LogP contribution is 2.24.